The van der Waals surface area contributed by atoms with Crippen LogP contribution in [0.1, 0.15) is 0 Å². The van der Waals surface area contributed by atoms with Crippen LogP contribution in [0.5, 0.6) is 0 Å². The Balaban J connectivity index is 1.77. The number of hydrogen-bond donors (Lipinski definition) is 2. The molecule has 0 unspecified atom stereocenters. The van der Waals surface area contributed by atoms with Gasteiger partial charge in [-0.3, -0.25) is 0 Å². The molecule has 0 aliphatic carbocycles. The monoisotopic (exact) mass is 355 g/mol. The molecule has 3 aromatic carbocycles. The summed E-state index contributed by atoms with van der Waals surface area (Å²) in [5.41, 5.74) is 10.5. The van der Waals surface area contributed by atoms with Crippen molar-refractivity contribution >= 4 is 33.8 Å². The van der Waals surface area contributed by atoms with Crippen LogP contribution in [0.25, 0.3) is 22.3 Å². The SMILES string of the molecule is CN(C)c1ccc(Nc2nc(-c3ccc(N)cc3)nc3ccccc23)cc1. The van der Waals surface area contributed by atoms with E-state index in [-0.39, 0.29) is 0 Å². The third-order valence-electron chi connectivity index (χ3n) is 4.42. The van der Waals surface area contributed by atoms with Gasteiger partial charge in [-0.05, 0) is 60.7 Å². The highest BCUT2D eigenvalue weighted by atomic mass is 15.1. The van der Waals surface area contributed by atoms with E-state index in [2.05, 4.69) is 34.5 Å². The van der Waals surface area contributed by atoms with Gasteiger partial charge in [-0.25, -0.2) is 9.97 Å². The van der Waals surface area contributed by atoms with E-state index in [9.17, 15) is 0 Å². The molecule has 0 atom stereocenters. The van der Waals surface area contributed by atoms with Gasteiger partial charge in [0.15, 0.2) is 5.82 Å². The number of para-hydroxylation sites is 1. The summed E-state index contributed by atoms with van der Waals surface area (Å²) in [5.74, 6) is 1.45. The number of anilines is 4. The van der Waals surface area contributed by atoms with Crippen molar-refractivity contribution in [3.05, 3.63) is 72.8 Å². The maximum absolute atomic E-state index is 5.80. The molecule has 0 bridgehead atoms. The first-order chi connectivity index (χ1) is 13.1. The van der Waals surface area contributed by atoms with Crippen molar-refractivity contribution in [2.75, 3.05) is 30.0 Å². The van der Waals surface area contributed by atoms with E-state index in [1.54, 1.807) is 0 Å². The minimum atomic E-state index is 0.668. The Bertz CT molecular complexity index is 1070. The maximum Gasteiger partial charge on any atom is 0.162 e. The third kappa shape index (κ3) is 3.53. The molecule has 0 amide bonds. The second-order valence-corrected chi connectivity index (χ2v) is 6.60. The number of hydrogen-bond acceptors (Lipinski definition) is 5. The van der Waals surface area contributed by atoms with Gasteiger partial charge in [0.05, 0.1) is 5.52 Å². The molecule has 0 spiro atoms. The summed E-state index contributed by atoms with van der Waals surface area (Å²) in [7, 11) is 4.05. The lowest BCUT2D eigenvalue weighted by Gasteiger charge is -2.14. The number of nitrogens with one attached hydrogen (secondary N) is 1. The average Bonchev–Trinajstić information content (AvgIpc) is 2.69. The van der Waals surface area contributed by atoms with Gasteiger partial charge in [0, 0.05) is 42.1 Å². The van der Waals surface area contributed by atoms with Crippen LogP contribution in [0.3, 0.4) is 0 Å². The highest BCUT2D eigenvalue weighted by molar-refractivity contribution is 5.92. The zero-order valence-corrected chi connectivity index (χ0v) is 15.3. The Hall–Kier alpha value is -3.60. The molecular weight excluding hydrogens is 334 g/mol. The molecule has 0 aliphatic heterocycles. The normalized spacial score (nSPS) is 10.7. The van der Waals surface area contributed by atoms with Crippen molar-refractivity contribution in [3.8, 4) is 11.4 Å². The Morgan fingerprint density at radius 3 is 2.22 bits per heavy atom. The zero-order valence-electron chi connectivity index (χ0n) is 15.3. The summed E-state index contributed by atoms with van der Waals surface area (Å²) < 4.78 is 0. The Labute approximate surface area is 158 Å². The molecule has 5 nitrogen and oxygen atoms in total. The molecule has 0 saturated carbocycles. The third-order valence-corrected chi connectivity index (χ3v) is 4.42. The standard InChI is InChI=1S/C22H21N5/c1-27(2)18-13-11-17(12-14-18)24-22-19-5-3-4-6-20(19)25-21(26-22)15-7-9-16(23)10-8-15/h3-14H,23H2,1-2H3,(H,24,25,26). The maximum atomic E-state index is 5.80. The Morgan fingerprint density at radius 1 is 0.815 bits per heavy atom. The Morgan fingerprint density at radius 2 is 1.52 bits per heavy atom. The lowest BCUT2D eigenvalue weighted by molar-refractivity contribution is 1.13. The van der Waals surface area contributed by atoms with Crippen molar-refractivity contribution in [1.29, 1.82) is 0 Å². The van der Waals surface area contributed by atoms with Gasteiger partial charge in [0.2, 0.25) is 0 Å². The van der Waals surface area contributed by atoms with Gasteiger partial charge in [-0.15, -0.1) is 0 Å². The number of nitrogens with two attached hydrogens (primary N) is 1. The number of fused-ring (bicyclic) bond motifs is 1. The van der Waals surface area contributed by atoms with E-state index >= 15 is 0 Å². The molecule has 4 rings (SSSR count). The summed E-state index contributed by atoms with van der Waals surface area (Å²) in [6.45, 7) is 0. The van der Waals surface area contributed by atoms with Crippen LogP contribution >= 0.6 is 0 Å². The van der Waals surface area contributed by atoms with Crippen molar-refractivity contribution in [2.45, 2.75) is 0 Å². The summed E-state index contributed by atoms with van der Waals surface area (Å²) >= 11 is 0. The first kappa shape index (κ1) is 16.8. The van der Waals surface area contributed by atoms with Crippen molar-refractivity contribution in [1.82, 2.24) is 9.97 Å². The number of rotatable bonds is 4. The molecule has 0 fully saturated rings. The molecule has 3 N–H and O–H groups in total. The topological polar surface area (TPSA) is 67.1 Å². The van der Waals surface area contributed by atoms with Crippen LogP contribution in [0.2, 0.25) is 0 Å². The van der Waals surface area contributed by atoms with E-state index in [1.165, 1.54) is 0 Å². The zero-order chi connectivity index (χ0) is 18.8. The average molecular weight is 355 g/mol. The first-order valence-corrected chi connectivity index (χ1v) is 8.77. The molecule has 5 heteroatoms. The fraction of sp³-hybridized carbons (Fsp3) is 0.0909. The highest BCUT2D eigenvalue weighted by Crippen LogP contribution is 2.28. The highest BCUT2D eigenvalue weighted by Gasteiger charge is 2.10. The molecule has 4 aromatic rings. The second-order valence-electron chi connectivity index (χ2n) is 6.60. The van der Waals surface area contributed by atoms with E-state index < -0.39 is 0 Å². The Kier molecular flexibility index (Phi) is 4.34. The smallest absolute Gasteiger partial charge is 0.162 e. The van der Waals surface area contributed by atoms with E-state index in [0.717, 1.165) is 39.3 Å². The van der Waals surface area contributed by atoms with E-state index in [0.29, 0.717) is 5.82 Å². The van der Waals surface area contributed by atoms with Crippen LogP contribution in [0.4, 0.5) is 22.9 Å². The summed E-state index contributed by atoms with van der Waals surface area (Å²) in [6, 6.07) is 23.9. The quantitative estimate of drug-likeness (QED) is 0.520. The van der Waals surface area contributed by atoms with Gasteiger partial charge in [-0.1, -0.05) is 12.1 Å². The van der Waals surface area contributed by atoms with Crippen LogP contribution in [0.15, 0.2) is 72.8 Å². The van der Waals surface area contributed by atoms with Crippen molar-refractivity contribution in [2.24, 2.45) is 0 Å². The predicted molar refractivity (Wildman–Crippen MR) is 113 cm³/mol. The largest absolute Gasteiger partial charge is 0.399 e. The molecule has 1 aromatic heterocycles. The van der Waals surface area contributed by atoms with Gasteiger partial charge >= 0.3 is 0 Å². The number of aromatic nitrogens is 2. The molecule has 0 saturated heterocycles. The molecule has 1 heterocycles. The van der Waals surface area contributed by atoms with Gasteiger partial charge in [-0.2, -0.15) is 0 Å². The fourth-order valence-electron chi connectivity index (χ4n) is 2.91. The van der Waals surface area contributed by atoms with Gasteiger partial charge < -0.3 is 16.0 Å². The summed E-state index contributed by atoms with van der Waals surface area (Å²) in [4.78, 5) is 11.6. The van der Waals surface area contributed by atoms with Crippen molar-refractivity contribution < 1.29 is 0 Å². The van der Waals surface area contributed by atoms with E-state index in [4.69, 9.17) is 15.7 Å². The lowest BCUT2D eigenvalue weighted by atomic mass is 10.1. The van der Waals surface area contributed by atoms with Crippen LogP contribution in [-0.2, 0) is 0 Å². The van der Waals surface area contributed by atoms with Crippen molar-refractivity contribution in [3.63, 3.8) is 0 Å². The molecule has 27 heavy (non-hydrogen) atoms. The number of benzene rings is 3. The fourth-order valence-corrected chi connectivity index (χ4v) is 2.91. The van der Waals surface area contributed by atoms with E-state index in [1.807, 2.05) is 62.6 Å². The van der Waals surface area contributed by atoms with Crippen LogP contribution < -0.4 is 16.0 Å². The molecule has 134 valence electrons. The number of nitrogens with zero attached hydrogens (tertiary/aromatic N) is 3. The molecule has 0 aliphatic rings. The van der Waals surface area contributed by atoms with Crippen LogP contribution in [-0.4, -0.2) is 24.1 Å². The van der Waals surface area contributed by atoms with Crippen LogP contribution in [0, 0.1) is 0 Å². The minimum absolute atomic E-state index is 0.668. The predicted octanol–water partition coefficient (Wildman–Crippen LogP) is 4.69. The summed E-state index contributed by atoms with van der Waals surface area (Å²) in [5, 5.41) is 4.42. The second kappa shape index (κ2) is 6.96. The van der Waals surface area contributed by atoms with Gasteiger partial charge in [0.1, 0.15) is 5.82 Å². The molecule has 0 radical (unpaired) electrons. The lowest BCUT2D eigenvalue weighted by Crippen LogP contribution is -2.08. The van der Waals surface area contributed by atoms with Gasteiger partial charge in [0.25, 0.3) is 0 Å². The first-order valence-electron chi connectivity index (χ1n) is 8.77. The molecular formula is C22H21N5. The minimum Gasteiger partial charge on any atom is -0.399 e. The number of nitrogen functional groups attached to an aromatic ring is 1. The summed E-state index contributed by atoms with van der Waals surface area (Å²) in [6.07, 6.45) is 0.